The maximum atomic E-state index is 11.7. The Bertz CT molecular complexity index is 486. The van der Waals surface area contributed by atoms with E-state index in [-0.39, 0.29) is 24.1 Å². The number of carbonyl (C=O) groups is 2. The standard InChI is InChI=1S/C13H19N3O3/c1-8(2)15-12(17)7-16(3)11-6-9(14)4-5-10(11)13(18)19/h4-6,8H,7,14H2,1-3H3,(H,15,17)(H,18,19). The fraction of sp³-hybridized carbons (Fsp3) is 0.385. The van der Waals surface area contributed by atoms with Crippen LogP contribution in [-0.2, 0) is 4.79 Å². The van der Waals surface area contributed by atoms with Gasteiger partial charge in [0.05, 0.1) is 17.8 Å². The van der Waals surface area contributed by atoms with Gasteiger partial charge in [-0.05, 0) is 32.0 Å². The second-order valence-electron chi connectivity index (χ2n) is 4.66. The number of carboxylic acid groups (broad SMARTS) is 1. The molecule has 104 valence electrons. The number of anilines is 2. The summed E-state index contributed by atoms with van der Waals surface area (Å²) in [7, 11) is 1.65. The summed E-state index contributed by atoms with van der Waals surface area (Å²) in [4.78, 5) is 24.4. The number of aromatic carboxylic acids is 1. The number of nitrogens with two attached hydrogens (primary N) is 1. The highest BCUT2D eigenvalue weighted by atomic mass is 16.4. The second kappa shape index (κ2) is 6.08. The molecule has 0 saturated carbocycles. The van der Waals surface area contributed by atoms with E-state index in [0.717, 1.165) is 0 Å². The van der Waals surface area contributed by atoms with Crippen molar-refractivity contribution in [3.63, 3.8) is 0 Å². The molecule has 0 bridgehead atoms. The number of nitrogens with zero attached hydrogens (tertiary/aromatic N) is 1. The number of amides is 1. The van der Waals surface area contributed by atoms with Gasteiger partial charge in [-0.25, -0.2) is 4.79 Å². The normalized spacial score (nSPS) is 10.3. The van der Waals surface area contributed by atoms with E-state index in [1.807, 2.05) is 13.8 Å². The first-order valence-electron chi connectivity index (χ1n) is 5.94. The Morgan fingerprint density at radius 2 is 2.05 bits per heavy atom. The minimum absolute atomic E-state index is 0.0423. The fourth-order valence-corrected chi connectivity index (χ4v) is 1.71. The van der Waals surface area contributed by atoms with Crippen molar-refractivity contribution in [2.45, 2.75) is 19.9 Å². The van der Waals surface area contributed by atoms with Gasteiger partial charge in [0.15, 0.2) is 0 Å². The molecule has 0 fully saturated rings. The minimum atomic E-state index is -1.05. The third-order valence-electron chi connectivity index (χ3n) is 2.49. The summed E-state index contributed by atoms with van der Waals surface area (Å²) in [5.41, 5.74) is 6.65. The number of carbonyl (C=O) groups excluding carboxylic acids is 1. The third kappa shape index (κ3) is 4.17. The molecular weight excluding hydrogens is 246 g/mol. The molecular formula is C13H19N3O3. The summed E-state index contributed by atoms with van der Waals surface area (Å²) in [6.07, 6.45) is 0. The van der Waals surface area contributed by atoms with E-state index >= 15 is 0 Å². The molecule has 0 radical (unpaired) electrons. The molecule has 0 aliphatic rings. The smallest absolute Gasteiger partial charge is 0.337 e. The summed E-state index contributed by atoms with van der Waals surface area (Å²) < 4.78 is 0. The Morgan fingerprint density at radius 1 is 1.42 bits per heavy atom. The van der Waals surface area contributed by atoms with Crippen molar-refractivity contribution in [3.8, 4) is 0 Å². The van der Waals surface area contributed by atoms with Crippen LogP contribution in [0.25, 0.3) is 0 Å². The first kappa shape index (κ1) is 14.8. The summed E-state index contributed by atoms with van der Waals surface area (Å²) >= 11 is 0. The van der Waals surface area contributed by atoms with E-state index in [1.165, 1.54) is 12.1 Å². The SMILES string of the molecule is CC(C)NC(=O)CN(C)c1cc(N)ccc1C(=O)O. The quantitative estimate of drug-likeness (QED) is 0.688. The predicted octanol–water partition coefficient (Wildman–Crippen LogP) is 0.928. The van der Waals surface area contributed by atoms with Gasteiger partial charge in [0, 0.05) is 18.8 Å². The van der Waals surface area contributed by atoms with Crippen LogP contribution in [0.4, 0.5) is 11.4 Å². The lowest BCUT2D eigenvalue weighted by molar-refractivity contribution is -0.120. The van der Waals surface area contributed by atoms with E-state index in [2.05, 4.69) is 5.32 Å². The highest BCUT2D eigenvalue weighted by Gasteiger charge is 2.16. The summed E-state index contributed by atoms with van der Waals surface area (Å²) in [6.45, 7) is 3.80. The summed E-state index contributed by atoms with van der Waals surface area (Å²) in [5, 5.41) is 11.9. The molecule has 0 atom stereocenters. The van der Waals surface area contributed by atoms with Gasteiger partial charge >= 0.3 is 5.97 Å². The maximum absolute atomic E-state index is 11.7. The number of hydrogen-bond acceptors (Lipinski definition) is 4. The number of hydrogen-bond donors (Lipinski definition) is 3. The lowest BCUT2D eigenvalue weighted by Gasteiger charge is -2.21. The number of nitrogens with one attached hydrogen (secondary N) is 1. The van der Waals surface area contributed by atoms with Crippen molar-refractivity contribution in [3.05, 3.63) is 23.8 Å². The fourth-order valence-electron chi connectivity index (χ4n) is 1.71. The molecule has 6 heteroatoms. The number of benzene rings is 1. The van der Waals surface area contributed by atoms with Gasteiger partial charge in [-0.2, -0.15) is 0 Å². The Balaban J connectivity index is 2.92. The van der Waals surface area contributed by atoms with Crippen LogP contribution in [0.3, 0.4) is 0 Å². The number of nitrogen functional groups attached to an aromatic ring is 1. The number of rotatable bonds is 5. The van der Waals surface area contributed by atoms with Crippen LogP contribution in [0.1, 0.15) is 24.2 Å². The Hall–Kier alpha value is -2.24. The van der Waals surface area contributed by atoms with Gasteiger partial charge in [-0.15, -0.1) is 0 Å². The molecule has 0 heterocycles. The molecule has 1 rings (SSSR count). The van der Waals surface area contributed by atoms with Crippen molar-refractivity contribution < 1.29 is 14.7 Å². The van der Waals surface area contributed by atoms with Crippen LogP contribution in [0.2, 0.25) is 0 Å². The largest absolute Gasteiger partial charge is 0.478 e. The van der Waals surface area contributed by atoms with E-state index in [9.17, 15) is 9.59 Å². The highest BCUT2D eigenvalue weighted by Crippen LogP contribution is 2.22. The molecule has 0 unspecified atom stereocenters. The van der Waals surface area contributed by atoms with Gasteiger partial charge in [-0.3, -0.25) is 4.79 Å². The average molecular weight is 265 g/mol. The first-order valence-corrected chi connectivity index (χ1v) is 5.94. The lowest BCUT2D eigenvalue weighted by atomic mass is 10.1. The molecule has 0 aliphatic carbocycles. The Kier molecular flexibility index (Phi) is 4.74. The minimum Gasteiger partial charge on any atom is -0.478 e. The van der Waals surface area contributed by atoms with Crippen molar-refractivity contribution in [2.24, 2.45) is 0 Å². The molecule has 1 amide bonds. The van der Waals surface area contributed by atoms with E-state index in [1.54, 1.807) is 18.0 Å². The van der Waals surface area contributed by atoms with Crippen molar-refractivity contribution in [2.75, 3.05) is 24.2 Å². The van der Waals surface area contributed by atoms with Gasteiger partial charge in [0.1, 0.15) is 0 Å². The van der Waals surface area contributed by atoms with Gasteiger partial charge in [0.25, 0.3) is 0 Å². The maximum Gasteiger partial charge on any atom is 0.337 e. The molecule has 0 aliphatic heterocycles. The molecule has 0 aromatic heterocycles. The van der Waals surface area contributed by atoms with Crippen LogP contribution >= 0.6 is 0 Å². The summed E-state index contributed by atoms with van der Waals surface area (Å²) in [5.74, 6) is -1.22. The van der Waals surface area contributed by atoms with Crippen molar-refractivity contribution in [1.29, 1.82) is 0 Å². The molecule has 0 spiro atoms. The van der Waals surface area contributed by atoms with Crippen LogP contribution in [0.15, 0.2) is 18.2 Å². The predicted molar refractivity (Wildman–Crippen MR) is 74.4 cm³/mol. The van der Waals surface area contributed by atoms with Gasteiger partial charge in [0.2, 0.25) is 5.91 Å². The average Bonchev–Trinajstić information content (AvgIpc) is 2.26. The topological polar surface area (TPSA) is 95.7 Å². The second-order valence-corrected chi connectivity index (χ2v) is 4.66. The zero-order valence-electron chi connectivity index (χ0n) is 11.3. The molecule has 0 saturated heterocycles. The van der Waals surface area contributed by atoms with Gasteiger partial charge < -0.3 is 21.1 Å². The zero-order valence-corrected chi connectivity index (χ0v) is 11.3. The monoisotopic (exact) mass is 265 g/mol. The van der Waals surface area contributed by atoms with E-state index in [0.29, 0.717) is 11.4 Å². The Morgan fingerprint density at radius 3 is 2.58 bits per heavy atom. The number of carboxylic acids is 1. The number of likely N-dealkylation sites (N-methyl/N-ethyl adjacent to an activating group) is 1. The van der Waals surface area contributed by atoms with E-state index in [4.69, 9.17) is 10.8 Å². The Labute approximate surface area is 112 Å². The molecule has 1 aromatic rings. The van der Waals surface area contributed by atoms with E-state index < -0.39 is 5.97 Å². The third-order valence-corrected chi connectivity index (χ3v) is 2.49. The summed E-state index contributed by atoms with van der Waals surface area (Å²) in [6, 6.07) is 4.55. The van der Waals surface area contributed by atoms with Crippen molar-refractivity contribution in [1.82, 2.24) is 5.32 Å². The highest BCUT2D eigenvalue weighted by molar-refractivity contribution is 5.96. The zero-order chi connectivity index (χ0) is 14.6. The first-order chi connectivity index (χ1) is 8.81. The van der Waals surface area contributed by atoms with Crippen LogP contribution < -0.4 is 16.0 Å². The molecule has 19 heavy (non-hydrogen) atoms. The molecule has 6 nitrogen and oxygen atoms in total. The molecule has 1 aromatic carbocycles. The lowest BCUT2D eigenvalue weighted by Crippen LogP contribution is -2.39. The molecule has 4 N–H and O–H groups in total. The van der Waals surface area contributed by atoms with Gasteiger partial charge in [-0.1, -0.05) is 0 Å². The van der Waals surface area contributed by atoms with Crippen LogP contribution in [-0.4, -0.2) is 36.6 Å². The van der Waals surface area contributed by atoms with Crippen LogP contribution in [0, 0.1) is 0 Å². The van der Waals surface area contributed by atoms with Crippen molar-refractivity contribution >= 4 is 23.3 Å². The van der Waals surface area contributed by atoms with Crippen LogP contribution in [0.5, 0.6) is 0 Å².